The second kappa shape index (κ2) is 9.76. The predicted molar refractivity (Wildman–Crippen MR) is 145 cm³/mol. The summed E-state index contributed by atoms with van der Waals surface area (Å²) in [6.45, 7) is 0. The molecule has 0 amide bonds. The quantitative estimate of drug-likeness (QED) is 0.154. The third-order valence-corrected chi connectivity index (χ3v) is 8.39. The molecule has 0 aromatic heterocycles. The average molecular weight is 541 g/mol. The molecule has 0 N–H and O–H groups in total. The van der Waals surface area contributed by atoms with Gasteiger partial charge in [0, 0.05) is 3.57 Å². The second-order valence-corrected chi connectivity index (χ2v) is 10.8. The lowest BCUT2D eigenvalue weighted by molar-refractivity contribution is 1.32. The highest BCUT2D eigenvalue weighted by Crippen LogP contribution is 2.33. The van der Waals surface area contributed by atoms with Crippen molar-refractivity contribution in [3.63, 3.8) is 0 Å². The zero-order chi connectivity index (χ0) is 21.8. The summed E-state index contributed by atoms with van der Waals surface area (Å²) in [5.74, 6) is 0. The van der Waals surface area contributed by atoms with Crippen molar-refractivity contribution in [2.45, 2.75) is 14.7 Å². The average Bonchev–Trinajstić information content (AvgIpc) is 2.87. The highest BCUT2D eigenvalue weighted by atomic mass is 127. The molecule has 0 atom stereocenters. The molecule has 0 aliphatic heterocycles. The van der Waals surface area contributed by atoms with Gasteiger partial charge in [0.2, 0.25) is 0 Å². The van der Waals surface area contributed by atoms with E-state index in [4.69, 9.17) is 0 Å². The molecule has 0 aliphatic carbocycles. The van der Waals surface area contributed by atoms with E-state index in [0.717, 1.165) is 0 Å². The summed E-state index contributed by atoms with van der Waals surface area (Å²) in [7, 11) is -0.110. The standard InChI is InChI=1S/C30H22IS/c31-27-19-15-25(16-20-27)23-11-13-24(14-12-23)26-17-21-30(22-18-26)32(28-7-3-1-4-8-28)29-9-5-2-6-10-29/h1-22H/q+1. The van der Waals surface area contributed by atoms with E-state index < -0.39 is 0 Å². The van der Waals surface area contributed by atoms with E-state index in [-0.39, 0.29) is 10.9 Å². The minimum atomic E-state index is -0.110. The maximum Gasteiger partial charge on any atom is 0.166 e. The van der Waals surface area contributed by atoms with Crippen molar-refractivity contribution in [2.24, 2.45) is 0 Å². The Bertz CT molecular complexity index is 1240. The van der Waals surface area contributed by atoms with E-state index in [1.54, 1.807) is 0 Å². The van der Waals surface area contributed by atoms with Crippen molar-refractivity contribution in [3.05, 3.63) is 137 Å². The van der Waals surface area contributed by atoms with Gasteiger partial charge in [-0.1, -0.05) is 72.8 Å². The molecule has 154 valence electrons. The summed E-state index contributed by atoms with van der Waals surface area (Å²) in [4.78, 5) is 4.02. The molecule has 0 heterocycles. The van der Waals surface area contributed by atoms with Crippen LogP contribution in [0, 0.1) is 3.57 Å². The number of hydrogen-bond donors (Lipinski definition) is 0. The molecule has 5 rings (SSSR count). The molecule has 5 aromatic rings. The predicted octanol–water partition coefficient (Wildman–Crippen LogP) is 8.72. The van der Waals surface area contributed by atoms with Gasteiger partial charge in [0.15, 0.2) is 14.7 Å². The lowest BCUT2D eigenvalue weighted by Crippen LogP contribution is -2.04. The van der Waals surface area contributed by atoms with Crippen LogP contribution in [-0.2, 0) is 10.9 Å². The second-order valence-electron chi connectivity index (χ2n) is 7.54. The van der Waals surface area contributed by atoms with E-state index in [0.29, 0.717) is 0 Å². The van der Waals surface area contributed by atoms with Gasteiger partial charge in [-0.2, -0.15) is 0 Å². The highest BCUT2D eigenvalue weighted by molar-refractivity contribution is 14.1. The van der Waals surface area contributed by atoms with E-state index in [1.807, 2.05) is 0 Å². The van der Waals surface area contributed by atoms with Gasteiger partial charge in [0.25, 0.3) is 0 Å². The smallest absolute Gasteiger partial charge is 0.0619 e. The Kier molecular flexibility index (Phi) is 6.42. The monoisotopic (exact) mass is 541 g/mol. The first-order valence-corrected chi connectivity index (χ1v) is 12.9. The summed E-state index contributed by atoms with van der Waals surface area (Å²) < 4.78 is 1.26. The van der Waals surface area contributed by atoms with Crippen LogP contribution in [0.4, 0.5) is 0 Å². The van der Waals surface area contributed by atoms with Gasteiger partial charge < -0.3 is 0 Å². The van der Waals surface area contributed by atoms with Gasteiger partial charge in [-0.3, -0.25) is 0 Å². The molecule has 0 saturated carbocycles. The Balaban J connectivity index is 1.44. The highest BCUT2D eigenvalue weighted by Gasteiger charge is 2.28. The van der Waals surface area contributed by atoms with Crippen molar-refractivity contribution >= 4 is 33.5 Å². The topological polar surface area (TPSA) is 0 Å². The normalized spacial score (nSPS) is 10.9. The van der Waals surface area contributed by atoms with Crippen LogP contribution < -0.4 is 0 Å². The Morgan fingerprint density at radius 1 is 0.344 bits per heavy atom. The van der Waals surface area contributed by atoms with Crippen molar-refractivity contribution < 1.29 is 0 Å². The molecular formula is C30H22IS+. The Labute approximate surface area is 206 Å². The van der Waals surface area contributed by atoms with Crippen LogP contribution in [0.2, 0.25) is 0 Å². The van der Waals surface area contributed by atoms with E-state index >= 15 is 0 Å². The van der Waals surface area contributed by atoms with Crippen LogP contribution in [-0.4, -0.2) is 0 Å². The third kappa shape index (κ3) is 4.67. The van der Waals surface area contributed by atoms with Crippen LogP contribution in [0.5, 0.6) is 0 Å². The van der Waals surface area contributed by atoms with Crippen LogP contribution in [0.15, 0.2) is 148 Å². The molecule has 0 saturated heterocycles. The minimum Gasteiger partial charge on any atom is -0.0619 e. The van der Waals surface area contributed by atoms with E-state index in [2.05, 4.69) is 156 Å². The summed E-state index contributed by atoms with van der Waals surface area (Å²) in [5, 5.41) is 0. The Morgan fingerprint density at radius 2 is 0.656 bits per heavy atom. The molecule has 5 aromatic carbocycles. The van der Waals surface area contributed by atoms with E-state index in [1.165, 1.54) is 40.5 Å². The maximum atomic E-state index is 2.34. The fourth-order valence-electron chi connectivity index (χ4n) is 3.80. The van der Waals surface area contributed by atoms with Crippen molar-refractivity contribution in [1.82, 2.24) is 0 Å². The molecular weight excluding hydrogens is 519 g/mol. The molecule has 2 heteroatoms. The molecule has 0 spiro atoms. The molecule has 0 nitrogen and oxygen atoms in total. The lowest BCUT2D eigenvalue weighted by atomic mass is 10.0. The first-order valence-electron chi connectivity index (χ1n) is 10.6. The number of hydrogen-bond acceptors (Lipinski definition) is 0. The zero-order valence-corrected chi connectivity index (χ0v) is 20.5. The van der Waals surface area contributed by atoms with Gasteiger partial charge in [-0.15, -0.1) is 0 Å². The van der Waals surface area contributed by atoms with Crippen LogP contribution in [0.1, 0.15) is 0 Å². The minimum absolute atomic E-state index is 0.110. The van der Waals surface area contributed by atoms with Crippen LogP contribution >= 0.6 is 22.6 Å². The van der Waals surface area contributed by atoms with Gasteiger partial charge in [0.1, 0.15) is 0 Å². The van der Waals surface area contributed by atoms with Crippen LogP contribution in [0.3, 0.4) is 0 Å². The van der Waals surface area contributed by atoms with Gasteiger partial charge in [-0.05, 0) is 106 Å². The molecule has 0 fully saturated rings. The molecule has 0 bridgehead atoms. The number of rotatable bonds is 5. The largest absolute Gasteiger partial charge is 0.166 e. The summed E-state index contributed by atoms with van der Waals surface area (Å²) in [5.41, 5.74) is 4.98. The number of halogens is 1. The van der Waals surface area contributed by atoms with Crippen molar-refractivity contribution in [3.8, 4) is 22.3 Å². The fourth-order valence-corrected chi connectivity index (χ4v) is 6.25. The Hall–Kier alpha value is -2.82. The molecule has 0 radical (unpaired) electrons. The van der Waals surface area contributed by atoms with Gasteiger partial charge in [0.05, 0.1) is 10.9 Å². The van der Waals surface area contributed by atoms with Crippen LogP contribution in [0.25, 0.3) is 22.3 Å². The van der Waals surface area contributed by atoms with Crippen molar-refractivity contribution in [2.75, 3.05) is 0 Å². The first-order chi connectivity index (χ1) is 15.8. The summed E-state index contributed by atoms with van der Waals surface area (Å²) in [6, 6.07) is 48.2. The van der Waals surface area contributed by atoms with Crippen molar-refractivity contribution in [1.29, 1.82) is 0 Å². The van der Waals surface area contributed by atoms with Gasteiger partial charge in [-0.25, -0.2) is 0 Å². The molecule has 0 aliphatic rings. The molecule has 0 unspecified atom stereocenters. The Morgan fingerprint density at radius 3 is 1.06 bits per heavy atom. The fraction of sp³-hybridized carbons (Fsp3) is 0. The lowest BCUT2D eigenvalue weighted by Gasteiger charge is -2.09. The summed E-state index contributed by atoms with van der Waals surface area (Å²) in [6.07, 6.45) is 0. The maximum absolute atomic E-state index is 2.34. The summed E-state index contributed by atoms with van der Waals surface area (Å²) >= 11 is 2.34. The third-order valence-electron chi connectivity index (χ3n) is 5.44. The van der Waals surface area contributed by atoms with E-state index in [9.17, 15) is 0 Å². The number of benzene rings is 5. The molecule has 32 heavy (non-hydrogen) atoms. The first kappa shape index (κ1) is 21.0. The van der Waals surface area contributed by atoms with Gasteiger partial charge >= 0.3 is 0 Å². The zero-order valence-electron chi connectivity index (χ0n) is 17.5. The SMILES string of the molecule is Ic1ccc(-c2ccc(-c3ccc([S+](c4ccccc4)c4ccccc4)cc3)cc2)cc1.